The summed E-state index contributed by atoms with van der Waals surface area (Å²) < 4.78 is 28.8. The summed E-state index contributed by atoms with van der Waals surface area (Å²) in [5, 5.41) is 0.140. The average Bonchev–Trinajstić information content (AvgIpc) is 3.13. The molecule has 0 saturated carbocycles. The van der Waals surface area contributed by atoms with Crippen LogP contribution < -0.4 is 4.90 Å². The summed E-state index contributed by atoms with van der Waals surface area (Å²) in [4.78, 5) is 17.2. The number of aromatic nitrogens is 4. The number of imidazole rings is 1. The van der Waals surface area contributed by atoms with Crippen molar-refractivity contribution in [3.63, 3.8) is 0 Å². The zero-order valence-electron chi connectivity index (χ0n) is 15.6. The maximum absolute atomic E-state index is 12.7. The van der Waals surface area contributed by atoms with Crippen molar-refractivity contribution >= 4 is 16.0 Å². The molecule has 0 aromatic carbocycles. The van der Waals surface area contributed by atoms with Gasteiger partial charge in [0.15, 0.2) is 5.03 Å². The summed E-state index contributed by atoms with van der Waals surface area (Å²) in [5.74, 6) is 0.760. The monoisotopic (exact) mass is 391 g/mol. The quantitative estimate of drug-likeness (QED) is 0.731. The van der Waals surface area contributed by atoms with Gasteiger partial charge in [-0.25, -0.2) is 23.4 Å². The van der Waals surface area contributed by atoms with E-state index in [0.717, 1.165) is 32.1 Å². The summed E-state index contributed by atoms with van der Waals surface area (Å²) in [6.45, 7) is 8.53. The molecule has 2 fully saturated rings. The predicted octanol–water partition coefficient (Wildman–Crippen LogP) is 0.449. The second-order valence-corrected chi connectivity index (χ2v) is 9.19. The van der Waals surface area contributed by atoms with Gasteiger partial charge in [-0.3, -0.25) is 4.90 Å². The highest BCUT2D eigenvalue weighted by molar-refractivity contribution is 7.89. The van der Waals surface area contributed by atoms with E-state index in [9.17, 15) is 8.42 Å². The maximum Gasteiger partial charge on any atom is 0.262 e. The van der Waals surface area contributed by atoms with Gasteiger partial charge in [-0.15, -0.1) is 0 Å². The lowest BCUT2D eigenvalue weighted by molar-refractivity contribution is 0.0824. The molecule has 2 aromatic rings. The van der Waals surface area contributed by atoms with Crippen LogP contribution in [0, 0.1) is 0 Å². The van der Waals surface area contributed by atoms with Crippen LogP contribution >= 0.6 is 0 Å². The highest BCUT2D eigenvalue weighted by Gasteiger charge is 2.41. The van der Waals surface area contributed by atoms with Gasteiger partial charge < -0.3 is 9.47 Å². The van der Waals surface area contributed by atoms with Gasteiger partial charge >= 0.3 is 0 Å². The van der Waals surface area contributed by atoms with E-state index in [0.29, 0.717) is 13.1 Å². The smallest absolute Gasteiger partial charge is 0.262 e. The van der Waals surface area contributed by atoms with Crippen LogP contribution in [-0.4, -0.2) is 82.5 Å². The molecule has 0 amide bonds. The van der Waals surface area contributed by atoms with Crippen molar-refractivity contribution in [3.05, 3.63) is 31.0 Å². The third-order valence-electron chi connectivity index (χ3n) is 5.27. The minimum Gasteiger partial charge on any atom is -0.338 e. The molecule has 0 radical (unpaired) electrons. The summed E-state index contributed by atoms with van der Waals surface area (Å²) in [7, 11) is -3.50. The largest absolute Gasteiger partial charge is 0.338 e. The van der Waals surface area contributed by atoms with E-state index in [4.69, 9.17) is 0 Å². The van der Waals surface area contributed by atoms with Crippen molar-refractivity contribution < 1.29 is 8.42 Å². The Kier molecular flexibility index (Phi) is 4.87. The van der Waals surface area contributed by atoms with E-state index in [2.05, 4.69) is 24.8 Å². The van der Waals surface area contributed by atoms with Crippen LogP contribution in [-0.2, 0) is 10.0 Å². The first-order valence-corrected chi connectivity index (χ1v) is 10.7. The zero-order valence-corrected chi connectivity index (χ0v) is 16.5. The van der Waals surface area contributed by atoms with Crippen LogP contribution in [0.1, 0.15) is 19.9 Å². The SMILES string of the molecule is CC(C)n1cnc(S(=O)(=O)N2CC(N3CCN(c4ncccn4)CC3)C2)c1. The maximum atomic E-state index is 12.7. The highest BCUT2D eigenvalue weighted by atomic mass is 32.2. The normalized spacial score (nSPS) is 20.2. The Hall–Kier alpha value is -2.04. The molecule has 4 rings (SSSR count). The Morgan fingerprint density at radius 3 is 2.30 bits per heavy atom. The molecular formula is C17H25N7O2S. The molecule has 0 N–H and O–H groups in total. The van der Waals surface area contributed by atoms with Gasteiger partial charge in [0.25, 0.3) is 10.0 Å². The third-order valence-corrected chi connectivity index (χ3v) is 6.99. The topological polar surface area (TPSA) is 87.5 Å². The number of hydrogen-bond acceptors (Lipinski definition) is 7. The predicted molar refractivity (Wildman–Crippen MR) is 101 cm³/mol. The number of rotatable bonds is 5. The molecule has 0 aliphatic carbocycles. The van der Waals surface area contributed by atoms with Crippen molar-refractivity contribution in [1.82, 2.24) is 28.7 Å². The van der Waals surface area contributed by atoms with Crippen LogP contribution in [0.25, 0.3) is 0 Å². The summed E-state index contributed by atoms with van der Waals surface area (Å²) >= 11 is 0. The second kappa shape index (κ2) is 7.17. The highest BCUT2D eigenvalue weighted by Crippen LogP contribution is 2.25. The molecule has 0 bridgehead atoms. The zero-order chi connectivity index (χ0) is 19.0. The van der Waals surface area contributed by atoms with E-state index < -0.39 is 10.0 Å². The minimum atomic E-state index is -3.50. The Bertz CT molecular complexity index is 870. The fourth-order valence-electron chi connectivity index (χ4n) is 3.45. The molecular weight excluding hydrogens is 366 g/mol. The van der Waals surface area contributed by atoms with E-state index in [1.807, 2.05) is 24.5 Å². The molecule has 27 heavy (non-hydrogen) atoms. The molecule has 0 atom stereocenters. The van der Waals surface area contributed by atoms with Crippen molar-refractivity contribution in [3.8, 4) is 0 Å². The Labute approximate surface area is 159 Å². The van der Waals surface area contributed by atoms with Crippen molar-refractivity contribution in [2.45, 2.75) is 31.0 Å². The lowest BCUT2D eigenvalue weighted by Gasteiger charge is -2.47. The first-order chi connectivity index (χ1) is 12.9. The van der Waals surface area contributed by atoms with Crippen LogP contribution in [0.15, 0.2) is 36.0 Å². The first-order valence-electron chi connectivity index (χ1n) is 9.25. The van der Waals surface area contributed by atoms with Crippen LogP contribution in [0.2, 0.25) is 0 Å². The van der Waals surface area contributed by atoms with Crippen LogP contribution in [0.3, 0.4) is 0 Å². The number of hydrogen-bond donors (Lipinski definition) is 0. The van der Waals surface area contributed by atoms with Gasteiger partial charge in [-0.1, -0.05) is 0 Å². The number of piperazine rings is 1. The van der Waals surface area contributed by atoms with E-state index in [1.54, 1.807) is 24.9 Å². The lowest BCUT2D eigenvalue weighted by Crippen LogP contribution is -2.64. The van der Waals surface area contributed by atoms with Gasteiger partial charge in [0.2, 0.25) is 5.95 Å². The molecule has 2 aromatic heterocycles. The first kappa shape index (κ1) is 18.3. The third kappa shape index (κ3) is 3.56. The number of anilines is 1. The summed E-state index contributed by atoms with van der Waals surface area (Å²) in [6, 6.07) is 2.27. The second-order valence-electron chi connectivity index (χ2n) is 7.30. The molecule has 4 heterocycles. The fourth-order valence-corrected chi connectivity index (χ4v) is 4.89. The summed E-state index contributed by atoms with van der Waals surface area (Å²) in [6.07, 6.45) is 6.71. The van der Waals surface area contributed by atoms with Crippen LogP contribution in [0.5, 0.6) is 0 Å². The number of nitrogens with zero attached hydrogens (tertiary/aromatic N) is 7. The molecule has 2 aliphatic rings. The van der Waals surface area contributed by atoms with Crippen LogP contribution in [0.4, 0.5) is 5.95 Å². The van der Waals surface area contributed by atoms with E-state index in [1.165, 1.54) is 4.31 Å². The fraction of sp³-hybridized carbons (Fsp3) is 0.588. The van der Waals surface area contributed by atoms with Gasteiger partial charge in [-0.05, 0) is 19.9 Å². The Balaban J connectivity index is 1.32. The lowest BCUT2D eigenvalue weighted by atomic mass is 10.1. The van der Waals surface area contributed by atoms with E-state index in [-0.39, 0.29) is 17.1 Å². The molecule has 0 spiro atoms. The van der Waals surface area contributed by atoms with Crippen molar-refractivity contribution in [1.29, 1.82) is 0 Å². The molecule has 10 heteroatoms. The average molecular weight is 392 g/mol. The molecule has 2 saturated heterocycles. The standard InChI is InChI=1S/C17H25N7O2S/c1-14(2)23-12-16(20-13-23)27(25,26)24-10-15(11-24)21-6-8-22(9-7-21)17-18-4-3-5-19-17/h3-5,12-15H,6-11H2,1-2H3. The molecule has 146 valence electrons. The summed E-state index contributed by atoms with van der Waals surface area (Å²) in [5.41, 5.74) is 0. The Morgan fingerprint density at radius 1 is 1.04 bits per heavy atom. The van der Waals surface area contributed by atoms with Gasteiger partial charge in [0.05, 0.1) is 6.33 Å². The molecule has 0 unspecified atom stereocenters. The minimum absolute atomic E-state index is 0.140. The molecule has 9 nitrogen and oxygen atoms in total. The van der Waals surface area contributed by atoms with Crippen molar-refractivity contribution in [2.24, 2.45) is 0 Å². The number of sulfonamides is 1. The van der Waals surface area contributed by atoms with E-state index >= 15 is 0 Å². The van der Waals surface area contributed by atoms with Gasteiger partial charge in [0, 0.05) is 69.9 Å². The van der Waals surface area contributed by atoms with Gasteiger partial charge in [-0.2, -0.15) is 4.31 Å². The van der Waals surface area contributed by atoms with Crippen molar-refractivity contribution in [2.75, 3.05) is 44.2 Å². The molecule has 2 aliphatic heterocycles. The Morgan fingerprint density at radius 2 is 1.70 bits per heavy atom. The van der Waals surface area contributed by atoms with Gasteiger partial charge in [0.1, 0.15) is 0 Å².